The first kappa shape index (κ1) is 15.8. The van der Waals surface area contributed by atoms with E-state index in [2.05, 4.69) is 33.0 Å². The van der Waals surface area contributed by atoms with E-state index in [1.807, 2.05) is 25.2 Å². The summed E-state index contributed by atoms with van der Waals surface area (Å²) in [7, 11) is 1.98. The van der Waals surface area contributed by atoms with Crippen LogP contribution in [0.25, 0.3) is 0 Å². The normalized spacial score (nSPS) is 15.5. The maximum Gasteiger partial charge on any atom is 0.0468 e. The molecule has 0 spiro atoms. The van der Waals surface area contributed by atoms with Crippen molar-refractivity contribution >= 4 is 23.2 Å². The molecule has 0 fully saturated rings. The quantitative estimate of drug-likeness (QED) is 0.790. The molecule has 0 aliphatic carbocycles. The van der Waals surface area contributed by atoms with E-state index in [0.29, 0.717) is 16.4 Å². The van der Waals surface area contributed by atoms with Crippen molar-refractivity contribution in [1.29, 1.82) is 0 Å². The average Bonchev–Trinajstić information content (AvgIpc) is 2.25. The van der Waals surface area contributed by atoms with E-state index in [1.165, 1.54) is 0 Å². The van der Waals surface area contributed by atoms with Gasteiger partial charge in [-0.1, -0.05) is 57.0 Å². The summed E-state index contributed by atoms with van der Waals surface area (Å²) in [6.45, 7) is 9.10. The van der Waals surface area contributed by atoms with Crippen molar-refractivity contribution in [1.82, 2.24) is 5.32 Å². The van der Waals surface area contributed by atoms with E-state index in [9.17, 15) is 0 Å². The summed E-state index contributed by atoms with van der Waals surface area (Å²) >= 11 is 12.2. The highest BCUT2D eigenvalue weighted by atomic mass is 35.5. The Morgan fingerprint density at radius 2 is 1.83 bits per heavy atom. The third-order valence-corrected chi connectivity index (χ3v) is 4.32. The van der Waals surface area contributed by atoms with Gasteiger partial charge >= 0.3 is 0 Å². The fourth-order valence-corrected chi connectivity index (χ4v) is 2.43. The van der Waals surface area contributed by atoms with Crippen LogP contribution in [0.3, 0.4) is 0 Å². The van der Waals surface area contributed by atoms with Crippen molar-refractivity contribution in [3.05, 3.63) is 33.8 Å². The van der Waals surface area contributed by atoms with E-state index < -0.39 is 0 Å². The van der Waals surface area contributed by atoms with Crippen LogP contribution in [0.4, 0.5) is 0 Å². The molecule has 1 rings (SSSR count). The summed E-state index contributed by atoms with van der Waals surface area (Å²) in [5, 5.41) is 4.78. The SMILES string of the molecule is CNC(CC(C)C(C)(C)C)c1ccc(Cl)cc1Cl. The van der Waals surface area contributed by atoms with Gasteiger partial charge in [0.25, 0.3) is 0 Å². The lowest BCUT2D eigenvalue weighted by Gasteiger charge is -2.31. The van der Waals surface area contributed by atoms with Crippen LogP contribution in [-0.2, 0) is 0 Å². The van der Waals surface area contributed by atoms with Crippen molar-refractivity contribution in [2.24, 2.45) is 11.3 Å². The number of rotatable bonds is 4. The molecule has 0 radical (unpaired) electrons. The Labute approximate surface area is 121 Å². The predicted octanol–water partition coefficient (Wildman–Crippen LogP) is 5.33. The van der Waals surface area contributed by atoms with Gasteiger partial charge in [-0.05, 0) is 42.5 Å². The van der Waals surface area contributed by atoms with Crippen LogP contribution in [0.15, 0.2) is 18.2 Å². The van der Waals surface area contributed by atoms with Crippen LogP contribution < -0.4 is 5.32 Å². The highest BCUT2D eigenvalue weighted by Gasteiger charge is 2.24. The maximum atomic E-state index is 6.28. The molecule has 2 atom stereocenters. The summed E-state index contributed by atoms with van der Waals surface area (Å²) in [4.78, 5) is 0. The lowest BCUT2D eigenvalue weighted by atomic mass is 9.77. The molecule has 2 unspecified atom stereocenters. The Kier molecular flexibility index (Phi) is 5.51. The fraction of sp³-hybridized carbons (Fsp3) is 0.600. The number of nitrogens with one attached hydrogen (secondary N) is 1. The zero-order valence-corrected chi connectivity index (χ0v) is 13.4. The Balaban J connectivity index is 2.90. The van der Waals surface area contributed by atoms with E-state index in [1.54, 1.807) is 0 Å². The lowest BCUT2D eigenvalue weighted by molar-refractivity contribution is 0.226. The second-order valence-electron chi connectivity index (χ2n) is 6.01. The van der Waals surface area contributed by atoms with Crippen molar-refractivity contribution in [2.75, 3.05) is 7.05 Å². The molecule has 0 aliphatic rings. The summed E-state index contributed by atoms with van der Waals surface area (Å²) in [5.74, 6) is 0.599. The van der Waals surface area contributed by atoms with Crippen molar-refractivity contribution in [3.63, 3.8) is 0 Å². The highest BCUT2D eigenvalue weighted by molar-refractivity contribution is 6.35. The molecular weight excluding hydrogens is 265 g/mol. The zero-order chi connectivity index (χ0) is 13.9. The van der Waals surface area contributed by atoms with Crippen LogP contribution in [0, 0.1) is 11.3 Å². The van der Waals surface area contributed by atoms with E-state index >= 15 is 0 Å². The Morgan fingerprint density at radius 3 is 2.28 bits per heavy atom. The van der Waals surface area contributed by atoms with Crippen LogP contribution in [0.5, 0.6) is 0 Å². The molecule has 18 heavy (non-hydrogen) atoms. The van der Waals surface area contributed by atoms with Gasteiger partial charge in [0.2, 0.25) is 0 Å². The smallest absolute Gasteiger partial charge is 0.0468 e. The summed E-state index contributed by atoms with van der Waals surface area (Å²) in [5.41, 5.74) is 1.42. The number of hydrogen-bond acceptors (Lipinski definition) is 1. The molecule has 0 saturated heterocycles. The molecule has 1 nitrogen and oxygen atoms in total. The number of halogens is 2. The molecule has 0 bridgehead atoms. The summed E-state index contributed by atoms with van der Waals surface area (Å²) in [6, 6.07) is 5.99. The minimum Gasteiger partial charge on any atom is -0.313 e. The van der Waals surface area contributed by atoms with Crippen LogP contribution in [0.2, 0.25) is 10.0 Å². The lowest BCUT2D eigenvalue weighted by Crippen LogP contribution is -2.25. The molecule has 102 valence electrons. The summed E-state index contributed by atoms with van der Waals surface area (Å²) in [6.07, 6.45) is 1.06. The van der Waals surface area contributed by atoms with Crippen LogP contribution >= 0.6 is 23.2 Å². The molecule has 0 aromatic heterocycles. The van der Waals surface area contributed by atoms with Gasteiger partial charge in [-0.2, -0.15) is 0 Å². The first-order chi connectivity index (χ1) is 8.25. The first-order valence-corrected chi connectivity index (χ1v) is 7.13. The van der Waals surface area contributed by atoms with Gasteiger partial charge in [0.15, 0.2) is 0 Å². The third-order valence-electron chi connectivity index (χ3n) is 3.75. The largest absolute Gasteiger partial charge is 0.313 e. The maximum absolute atomic E-state index is 6.28. The average molecular weight is 288 g/mol. The minimum absolute atomic E-state index is 0.268. The molecule has 1 aromatic rings. The first-order valence-electron chi connectivity index (χ1n) is 6.38. The molecular formula is C15H23Cl2N. The van der Waals surface area contributed by atoms with Crippen LogP contribution in [0.1, 0.15) is 45.7 Å². The Bertz CT molecular complexity index is 396. The standard InChI is InChI=1S/C15H23Cl2N/c1-10(15(2,3)4)8-14(18-5)12-7-6-11(16)9-13(12)17/h6-7,9-10,14,18H,8H2,1-5H3. The van der Waals surface area contributed by atoms with E-state index in [4.69, 9.17) is 23.2 Å². The van der Waals surface area contributed by atoms with Gasteiger partial charge in [-0.3, -0.25) is 0 Å². The Hall–Kier alpha value is -0.240. The van der Waals surface area contributed by atoms with Gasteiger partial charge in [-0.15, -0.1) is 0 Å². The fourth-order valence-electron chi connectivity index (χ4n) is 1.89. The zero-order valence-electron chi connectivity index (χ0n) is 11.8. The van der Waals surface area contributed by atoms with Gasteiger partial charge in [0, 0.05) is 16.1 Å². The molecule has 1 aromatic carbocycles. The van der Waals surface area contributed by atoms with Gasteiger partial charge in [-0.25, -0.2) is 0 Å². The highest BCUT2D eigenvalue weighted by Crippen LogP contribution is 2.35. The third kappa shape index (κ3) is 4.15. The van der Waals surface area contributed by atoms with Crippen molar-refractivity contribution in [3.8, 4) is 0 Å². The predicted molar refractivity (Wildman–Crippen MR) is 81.5 cm³/mol. The molecule has 1 N–H and O–H groups in total. The summed E-state index contributed by atoms with van der Waals surface area (Å²) < 4.78 is 0. The monoisotopic (exact) mass is 287 g/mol. The van der Waals surface area contributed by atoms with E-state index in [-0.39, 0.29) is 6.04 Å². The van der Waals surface area contributed by atoms with Gasteiger partial charge < -0.3 is 5.32 Å². The second kappa shape index (κ2) is 6.27. The molecule has 0 aliphatic heterocycles. The van der Waals surface area contributed by atoms with Crippen molar-refractivity contribution in [2.45, 2.75) is 40.2 Å². The van der Waals surface area contributed by atoms with Crippen molar-refractivity contribution < 1.29 is 0 Å². The van der Waals surface area contributed by atoms with Gasteiger partial charge in [0.05, 0.1) is 0 Å². The molecule has 0 amide bonds. The van der Waals surface area contributed by atoms with Crippen LogP contribution in [-0.4, -0.2) is 7.05 Å². The topological polar surface area (TPSA) is 12.0 Å². The Morgan fingerprint density at radius 1 is 1.22 bits per heavy atom. The molecule has 0 saturated carbocycles. The number of hydrogen-bond donors (Lipinski definition) is 1. The second-order valence-corrected chi connectivity index (χ2v) is 6.85. The van der Waals surface area contributed by atoms with Gasteiger partial charge in [0.1, 0.15) is 0 Å². The minimum atomic E-state index is 0.268. The molecule has 3 heteroatoms. The van der Waals surface area contributed by atoms with E-state index in [0.717, 1.165) is 17.0 Å². The molecule has 0 heterocycles. The number of benzene rings is 1.